The summed E-state index contributed by atoms with van der Waals surface area (Å²) >= 11 is -5.75. The summed E-state index contributed by atoms with van der Waals surface area (Å²) in [4.78, 5) is 0. The fraction of sp³-hybridized carbons (Fsp3) is 0. The summed E-state index contributed by atoms with van der Waals surface area (Å²) in [5.74, 6) is 0. The zero-order valence-corrected chi connectivity index (χ0v) is 7.43. The largest absolute Gasteiger partial charge is 2.00 e. The predicted octanol–water partition coefficient (Wildman–Crippen LogP) is -3.00. The van der Waals surface area contributed by atoms with Gasteiger partial charge in [-0.05, 0) is 0 Å². The zero-order valence-electron chi connectivity index (χ0n) is 2.75. The van der Waals surface area contributed by atoms with E-state index in [1.165, 1.54) is 0 Å². The van der Waals surface area contributed by atoms with Crippen LogP contribution in [-0.4, -0.2) is 13.4 Å². The van der Waals surface area contributed by atoms with Gasteiger partial charge in [0.2, 0.25) is 0 Å². The Hall–Kier alpha value is 0.663. The molecule has 0 unspecified atom stereocenters. The van der Waals surface area contributed by atoms with Crippen molar-refractivity contribution in [3.8, 4) is 0 Å². The van der Waals surface area contributed by atoms with Crippen LogP contribution in [-0.2, 0) is 27.1 Å². The van der Waals surface area contributed by atoms with Gasteiger partial charge in [0, 0.05) is 0 Å². The average Bonchev–Trinajstić information content (AvgIpc) is 0.722. The molecule has 0 amide bonds. The van der Waals surface area contributed by atoms with Gasteiger partial charge in [0.15, 0.2) is 0 Å². The maximum atomic E-state index is 8.59. The van der Waals surface area contributed by atoms with Crippen molar-refractivity contribution in [2.24, 2.45) is 0 Å². The zero-order chi connectivity index (χ0) is 4.50. The van der Waals surface area contributed by atoms with Gasteiger partial charge in [-0.15, -0.1) is 0 Å². The maximum absolute atomic E-state index is 8.59. The van der Waals surface area contributed by atoms with Gasteiger partial charge in [0.1, 0.15) is 0 Å². The molecule has 4 nitrogen and oxygen atoms in total. The van der Waals surface area contributed by atoms with Crippen LogP contribution in [0.4, 0.5) is 0 Å². The minimum absolute atomic E-state index is 0. The van der Waals surface area contributed by atoms with Gasteiger partial charge in [0.05, 0.1) is 0 Å². The minimum atomic E-state index is -5.75. The first-order valence-electron chi connectivity index (χ1n) is 0.667. The minimum Gasteiger partial charge on any atom is 2.00 e. The molecule has 0 saturated heterocycles. The topological polar surface area (TPSA) is 80.3 Å². The monoisotopic (exact) mass is 208 g/mol. The van der Waals surface area contributed by atoms with Crippen LogP contribution in [0.15, 0.2) is 0 Å². The Kier molecular flexibility index (Phi) is 4.54. The predicted molar refractivity (Wildman–Crippen MR) is 7.13 cm³/mol. The molecule has 0 atom stereocenters. The summed E-state index contributed by atoms with van der Waals surface area (Å²) in [6.45, 7) is 0. The van der Waals surface area contributed by atoms with E-state index in [1.54, 1.807) is 0 Å². The first-order valence-corrected chi connectivity index (χ1v) is 3.46. The molecule has 0 fully saturated rings. The van der Waals surface area contributed by atoms with Gasteiger partial charge >= 0.3 is 48.9 Å². The summed E-state index contributed by atoms with van der Waals surface area (Å²) in [6, 6.07) is 0. The van der Waals surface area contributed by atoms with E-state index in [4.69, 9.17) is 16.0 Å². The Morgan fingerprint density at radius 3 is 1.17 bits per heavy atom. The van der Waals surface area contributed by atoms with E-state index in [0.29, 0.717) is 0 Å². The Labute approximate surface area is 49.2 Å². The van der Waals surface area contributed by atoms with Crippen LogP contribution in [0.3, 0.4) is 0 Å². The molecule has 0 saturated carbocycles. The van der Waals surface area contributed by atoms with Crippen LogP contribution in [0.25, 0.3) is 0 Å². The van der Waals surface area contributed by atoms with Crippen LogP contribution < -0.4 is 8.38 Å². The van der Waals surface area contributed by atoms with Gasteiger partial charge in [-0.25, -0.2) is 0 Å². The van der Waals surface area contributed by atoms with Crippen molar-refractivity contribution in [2.45, 2.75) is 0 Å². The van der Waals surface area contributed by atoms with Crippen molar-refractivity contribution in [3.05, 3.63) is 0 Å². The third kappa shape index (κ3) is 142. The van der Waals surface area contributed by atoms with E-state index in [1.807, 2.05) is 0 Å². The van der Waals surface area contributed by atoms with E-state index in [0.717, 1.165) is 0 Å². The third-order valence-corrected chi connectivity index (χ3v) is 0. The molecule has 32 valence electrons. The second-order valence-corrected chi connectivity index (χ2v) is 2.12. The Balaban J connectivity index is 0. The smallest absolute Gasteiger partial charge is 2.00 e. The van der Waals surface area contributed by atoms with Gasteiger partial charge in [-0.1, -0.05) is 0 Å². The van der Waals surface area contributed by atoms with Crippen molar-refractivity contribution >= 4 is 13.4 Å². The molecule has 0 aliphatic carbocycles. The molecule has 0 aliphatic rings. The first kappa shape index (κ1) is 9.83. The Bertz CT molecular complexity index is 90.7. The normalized spacial score (nSPS) is 9.67. The van der Waals surface area contributed by atoms with Crippen molar-refractivity contribution in [2.75, 3.05) is 0 Å². The van der Waals surface area contributed by atoms with Gasteiger partial charge in [-0.2, -0.15) is 0 Å². The summed E-state index contributed by atoms with van der Waals surface area (Å²) in [5.41, 5.74) is 0. The van der Waals surface area contributed by atoms with Gasteiger partial charge in [0.25, 0.3) is 0 Å². The molecule has 0 aromatic rings. The van der Waals surface area contributed by atoms with Crippen molar-refractivity contribution in [1.29, 1.82) is 0 Å². The second-order valence-electron chi connectivity index (χ2n) is 0.408. The van der Waals surface area contributed by atoms with Crippen LogP contribution in [0.5, 0.6) is 0 Å². The van der Waals surface area contributed by atoms with Crippen molar-refractivity contribution < 1.29 is 35.5 Å². The third-order valence-electron chi connectivity index (χ3n) is 0. The molecule has 0 spiro atoms. The molecule has 0 aliphatic heterocycles. The summed E-state index contributed by atoms with van der Waals surface area (Å²) in [7, 11) is 0. The van der Waals surface area contributed by atoms with Gasteiger partial charge < -0.3 is 0 Å². The van der Waals surface area contributed by atoms with Crippen LogP contribution >= 0.6 is 0 Å². The number of hydrogen-bond acceptors (Lipinski definition) is 4. The van der Waals surface area contributed by atoms with E-state index in [2.05, 4.69) is 0 Å². The number of hydrogen-bond donors (Lipinski definition) is 0. The van der Waals surface area contributed by atoms with E-state index in [-0.39, 0.29) is 19.5 Å². The molecule has 0 aromatic heterocycles. The van der Waals surface area contributed by atoms with E-state index < -0.39 is 13.4 Å². The number of rotatable bonds is 0. The van der Waals surface area contributed by atoms with Crippen LogP contribution in [0, 0.1) is 0 Å². The van der Waals surface area contributed by atoms with Crippen molar-refractivity contribution in [3.63, 3.8) is 0 Å². The molecule has 0 heterocycles. The summed E-state index contributed by atoms with van der Waals surface area (Å²) < 4.78 is 34.4. The fourth-order valence-corrected chi connectivity index (χ4v) is 0. The molecule has 0 aromatic carbocycles. The molecular formula is O4SeZn. The summed E-state index contributed by atoms with van der Waals surface area (Å²) in [6.07, 6.45) is 0. The van der Waals surface area contributed by atoms with Crippen LogP contribution in [0.1, 0.15) is 0 Å². The molecule has 6 heteroatoms. The molecule has 0 rings (SSSR count). The average molecular weight is 208 g/mol. The first-order chi connectivity index (χ1) is 2.00. The fourth-order valence-electron chi connectivity index (χ4n) is 0. The SMILES string of the molecule is O=[Se](=O)([O-])[O-].[Zn+2]. The second kappa shape index (κ2) is 2.77. The van der Waals surface area contributed by atoms with Crippen LogP contribution in [0.2, 0.25) is 0 Å². The quantitative estimate of drug-likeness (QED) is 0.397. The summed E-state index contributed by atoms with van der Waals surface area (Å²) in [5, 5.41) is 0. The standard InChI is InChI=1S/H2O4Se.Zn/c1-5(2,3)4;/h(H2,1,2,3,4);/q;+2/p-2. The van der Waals surface area contributed by atoms with Crippen molar-refractivity contribution in [1.82, 2.24) is 0 Å². The maximum Gasteiger partial charge on any atom is 2.00 e. The molecular weight excluding hydrogens is 208 g/mol. The molecule has 0 N–H and O–H groups in total. The van der Waals surface area contributed by atoms with E-state index in [9.17, 15) is 0 Å². The Morgan fingerprint density at radius 2 is 1.17 bits per heavy atom. The van der Waals surface area contributed by atoms with E-state index >= 15 is 0 Å². The molecule has 0 bridgehead atoms. The Morgan fingerprint density at radius 1 is 1.17 bits per heavy atom. The molecule has 0 radical (unpaired) electrons. The van der Waals surface area contributed by atoms with Gasteiger partial charge in [-0.3, -0.25) is 0 Å². The molecule has 6 heavy (non-hydrogen) atoms.